The molecule has 1 atom stereocenters. The van der Waals surface area contributed by atoms with Gasteiger partial charge < -0.3 is 24.5 Å². The van der Waals surface area contributed by atoms with Crippen molar-refractivity contribution in [1.29, 1.82) is 0 Å². The summed E-state index contributed by atoms with van der Waals surface area (Å²) in [5.74, 6) is 1.16. The van der Waals surface area contributed by atoms with Gasteiger partial charge in [-0.15, -0.1) is 0 Å². The van der Waals surface area contributed by atoms with Crippen molar-refractivity contribution in [2.24, 2.45) is 0 Å². The van der Waals surface area contributed by atoms with Gasteiger partial charge in [-0.2, -0.15) is 5.10 Å². The largest absolute Gasteiger partial charge is 0.460 e. The number of fused-ring (bicyclic) bond motifs is 2. The van der Waals surface area contributed by atoms with E-state index in [0.717, 1.165) is 5.56 Å². The molecule has 0 spiro atoms. The Labute approximate surface area is 223 Å². The van der Waals surface area contributed by atoms with E-state index in [4.69, 9.17) is 9.15 Å². The quantitative estimate of drug-likeness (QED) is 0.356. The number of aliphatic hydroxyl groups is 1. The number of amides is 2. The first-order valence-electron chi connectivity index (χ1n) is 12.6. The van der Waals surface area contributed by atoms with E-state index in [2.05, 4.69) is 15.4 Å². The third kappa shape index (κ3) is 4.09. The number of carbonyl (C=O) groups excluding carboxylic acids is 2. The minimum absolute atomic E-state index is 0.181. The Balaban J connectivity index is 1.30. The number of ether oxygens (including phenoxy) is 1. The van der Waals surface area contributed by atoms with E-state index in [1.165, 1.54) is 0 Å². The number of nitrogens with zero attached hydrogens (tertiary/aromatic N) is 4. The zero-order valence-corrected chi connectivity index (χ0v) is 21.8. The van der Waals surface area contributed by atoms with Crippen LogP contribution in [0.5, 0.6) is 11.5 Å². The summed E-state index contributed by atoms with van der Waals surface area (Å²) in [4.78, 5) is 31.6. The second kappa shape index (κ2) is 9.25. The number of aromatic nitrogens is 3. The first-order chi connectivity index (χ1) is 18.8. The van der Waals surface area contributed by atoms with Gasteiger partial charge in [0.05, 0.1) is 23.9 Å². The summed E-state index contributed by atoms with van der Waals surface area (Å²) in [5, 5.41) is 18.9. The Kier molecular flexibility index (Phi) is 5.84. The zero-order valence-electron chi connectivity index (χ0n) is 21.8. The van der Waals surface area contributed by atoms with Crippen LogP contribution in [0.1, 0.15) is 44.0 Å². The van der Waals surface area contributed by atoms with E-state index in [-0.39, 0.29) is 18.4 Å². The molecule has 4 aromatic heterocycles. The highest BCUT2D eigenvalue weighted by Gasteiger charge is 2.40. The van der Waals surface area contributed by atoms with Gasteiger partial charge in [0.2, 0.25) is 0 Å². The van der Waals surface area contributed by atoms with Gasteiger partial charge in [-0.1, -0.05) is 6.07 Å². The molecule has 1 saturated heterocycles. The van der Waals surface area contributed by atoms with E-state index in [0.29, 0.717) is 63.4 Å². The molecule has 1 aliphatic heterocycles. The molecule has 0 aliphatic carbocycles. The number of benzene rings is 1. The molecule has 10 nitrogen and oxygen atoms in total. The lowest BCUT2D eigenvalue weighted by molar-refractivity contribution is 0.0414. The minimum atomic E-state index is -1.13. The molecule has 5 heterocycles. The average Bonchev–Trinajstić information content (AvgIpc) is 3.61. The first-order valence-corrected chi connectivity index (χ1v) is 12.6. The molecule has 1 aliphatic rings. The Morgan fingerprint density at radius 1 is 1.18 bits per heavy atom. The van der Waals surface area contributed by atoms with Gasteiger partial charge >= 0.3 is 0 Å². The van der Waals surface area contributed by atoms with Crippen LogP contribution in [0.15, 0.2) is 65.6 Å². The molecule has 1 fully saturated rings. The Bertz CT molecular complexity index is 1740. The number of likely N-dealkylation sites (tertiary alicyclic amines) is 1. The number of rotatable bonds is 5. The van der Waals surface area contributed by atoms with Gasteiger partial charge in [0.25, 0.3) is 11.8 Å². The standard InChI is InChI=1S/C29H27N5O5/c1-17-22(28(36)33-12-9-29(37,16-33)19-5-4-10-31-14-19)15-34-26(17)23(8-11-32-34)39-20-6-7-21-24(13-20)38-18(2)25(21)27(35)30-3/h4-8,10-11,13-15,37H,9,12,16H2,1-3H3,(H,30,35)/t29-/m0/s1. The Hall–Kier alpha value is -4.70. The van der Waals surface area contributed by atoms with Crippen molar-refractivity contribution in [3.8, 4) is 11.5 Å². The zero-order chi connectivity index (χ0) is 27.3. The number of hydrogen-bond acceptors (Lipinski definition) is 7. The van der Waals surface area contributed by atoms with Crippen molar-refractivity contribution >= 4 is 28.3 Å². The summed E-state index contributed by atoms with van der Waals surface area (Å²) in [6.07, 6.45) is 7.02. The van der Waals surface area contributed by atoms with Crippen molar-refractivity contribution in [2.45, 2.75) is 25.9 Å². The molecular weight excluding hydrogens is 498 g/mol. The van der Waals surface area contributed by atoms with Gasteiger partial charge in [-0.25, -0.2) is 4.52 Å². The molecule has 0 radical (unpaired) electrons. The maximum atomic E-state index is 13.6. The number of hydrogen-bond donors (Lipinski definition) is 2. The topological polar surface area (TPSA) is 122 Å². The molecular formula is C29H27N5O5. The van der Waals surface area contributed by atoms with Gasteiger partial charge in [0, 0.05) is 55.3 Å². The summed E-state index contributed by atoms with van der Waals surface area (Å²) in [5.41, 5.74) is 2.45. The lowest BCUT2D eigenvalue weighted by Gasteiger charge is -2.23. The van der Waals surface area contributed by atoms with Gasteiger partial charge in [0.15, 0.2) is 5.75 Å². The second-order valence-electron chi connectivity index (χ2n) is 9.78. The first kappa shape index (κ1) is 24.6. The fraction of sp³-hybridized carbons (Fsp3) is 0.241. The van der Waals surface area contributed by atoms with Crippen LogP contribution in [-0.2, 0) is 5.60 Å². The molecule has 39 heavy (non-hydrogen) atoms. The smallest absolute Gasteiger partial charge is 0.255 e. The van der Waals surface area contributed by atoms with Crippen molar-refractivity contribution in [3.05, 3.63) is 89.2 Å². The van der Waals surface area contributed by atoms with Crippen molar-refractivity contribution in [1.82, 2.24) is 24.8 Å². The molecule has 0 saturated carbocycles. The molecule has 0 bridgehead atoms. The molecule has 5 aromatic rings. The van der Waals surface area contributed by atoms with Crippen LogP contribution in [0.2, 0.25) is 0 Å². The highest BCUT2D eigenvalue weighted by Crippen LogP contribution is 2.36. The molecule has 198 valence electrons. The van der Waals surface area contributed by atoms with Gasteiger partial charge in [0.1, 0.15) is 28.2 Å². The summed E-state index contributed by atoms with van der Waals surface area (Å²) in [6, 6.07) is 10.6. The third-order valence-corrected chi connectivity index (χ3v) is 7.37. The predicted molar refractivity (Wildman–Crippen MR) is 143 cm³/mol. The van der Waals surface area contributed by atoms with E-state index < -0.39 is 5.60 Å². The average molecular weight is 526 g/mol. The SMILES string of the molecule is CNC(=O)c1c(C)oc2cc(Oc3ccnn4cc(C(=O)N5CC[C@@](O)(c6cccnc6)C5)c(C)c34)ccc12. The molecule has 2 N–H and O–H groups in total. The number of aryl methyl sites for hydroxylation is 2. The molecule has 6 rings (SSSR count). The molecule has 0 unspecified atom stereocenters. The van der Waals surface area contributed by atoms with Crippen molar-refractivity contribution in [3.63, 3.8) is 0 Å². The van der Waals surface area contributed by atoms with E-state index in [9.17, 15) is 14.7 Å². The van der Waals surface area contributed by atoms with Crippen molar-refractivity contribution in [2.75, 3.05) is 20.1 Å². The highest BCUT2D eigenvalue weighted by molar-refractivity contribution is 6.07. The molecule has 10 heteroatoms. The maximum absolute atomic E-state index is 13.6. The monoisotopic (exact) mass is 525 g/mol. The summed E-state index contributed by atoms with van der Waals surface area (Å²) in [7, 11) is 1.58. The number of furan rings is 1. The fourth-order valence-corrected chi connectivity index (χ4v) is 5.33. The van der Waals surface area contributed by atoms with E-state index >= 15 is 0 Å². The van der Waals surface area contributed by atoms with Crippen LogP contribution in [0.25, 0.3) is 16.5 Å². The van der Waals surface area contributed by atoms with Crippen LogP contribution in [0.4, 0.5) is 0 Å². The molecule has 2 amide bonds. The Morgan fingerprint density at radius 3 is 2.79 bits per heavy atom. The fourth-order valence-electron chi connectivity index (χ4n) is 5.33. The minimum Gasteiger partial charge on any atom is -0.460 e. The summed E-state index contributed by atoms with van der Waals surface area (Å²) in [6.45, 7) is 4.21. The highest BCUT2D eigenvalue weighted by atomic mass is 16.5. The number of pyridine rings is 1. The van der Waals surface area contributed by atoms with E-state index in [1.54, 1.807) is 78.5 Å². The maximum Gasteiger partial charge on any atom is 0.255 e. The number of carbonyl (C=O) groups is 2. The summed E-state index contributed by atoms with van der Waals surface area (Å²) >= 11 is 0. The second-order valence-corrected chi connectivity index (χ2v) is 9.78. The Morgan fingerprint density at radius 2 is 2.03 bits per heavy atom. The molecule has 1 aromatic carbocycles. The van der Waals surface area contributed by atoms with Crippen LogP contribution < -0.4 is 10.1 Å². The normalized spacial score (nSPS) is 17.2. The predicted octanol–water partition coefficient (Wildman–Crippen LogP) is 3.98. The number of β-amino-alcohol motifs (C(OH)–C–C–N with tert-alkyl or cyclic N) is 1. The van der Waals surface area contributed by atoms with Crippen LogP contribution in [0.3, 0.4) is 0 Å². The van der Waals surface area contributed by atoms with Crippen LogP contribution in [-0.4, -0.2) is 56.6 Å². The van der Waals surface area contributed by atoms with Crippen LogP contribution >= 0.6 is 0 Å². The van der Waals surface area contributed by atoms with Crippen LogP contribution in [0, 0.1) is 13.8 Å². The summed E-state index contributed by atoms with van der Waals surface area (Å²) < 4.78 is 13.7. The lowest BCUT2D eigenvalue weighted by atomic mass is 9.95. The van der Waals surface area contributed by atoms with E-state index in [1.807, 2.05) is 13.0 Å². The number of nitrogens with one attached hydrogen (secondary N) is 1. The van der Waals surface area contributed by atoms with Gasteiger partial charge in [-0.05, 0) is 44.0 Å². The third-order valence-electron chi connectivity index (χ3n) is 7.37. The van der Waals surface area contributed by atoms with Crippen molar-refractivity contribution < 1.29 is 23.8 Å². The van der Waals surface area contributed by atoms with Gasteiger partial charge in [-0.3, -0.25) is 14.6 Å². The lowest BCUT2D eigenvalue weighted by Crippen LogP contribution is -2.34.